The summed E-state index contributed by atoms with van der Waals surface area (Å²) in [5.74, 6) is 0.458. The van der Waals surface area contributed by atoms with Gasteiger partial charge in [-0.15, -0.1) is 0 Å². The van der Waals surface area contributed by atoms with Crippen molar-refractivity contribution in [3.8, 4) is 0 Å². The lowest BCUT2D eigenvalue weighted by atomic mass is 9.89. The zero-order valence-corrected chi connectivity index (χ0v) is 16.2. The molecule has 2 aliphatic rings. The lowest BCUT2D eigenvalue weighted by molar-refractivity contribution is 0.0769. The van der Waals surface area contributed by atoms with Gasteiger partial charge in [0, 0.05) is 19.5 Å². The molecule has 150 valence electrons. The number of anilines is 1. The van der Waals surface area contributed by atoms with Gasteiger partial charge in [-0.1, -0.05) is 30.3 Å². The van der Waals surface area contributed by atoms with Crippen LogP contribution in [-0.4, -0.2) is 40.1 Å². The highest BCUT2D eigenvalue weighted by molar-refractivity contribution is 5.99. The van der Waals surface area contributed by atoms with Crippen LogP contribution in [0.3, 0.4) is 0 Å². The molecule has 1 amide bonds. The first-order valence-electron chi connectivity index (χ1n) is 9.82. The van der Waals surface area contributed by atoms with Crippen LogP contribution >= 0.6 is 0 Å². The first-order valence-corrected chi connectivity index (χ1v) is 9.82. The molecule has 0 aliphatic carbocycles. The van der Waals surface area contributed by atoms with Gasteiger partial charge in [-0.2, -0.15) is 5.10 Å². The van der Waals surface area contributed by atoms with E-state index >= 15 is 0 Å². The van der Waals surface area contributed by atoms with E-state index < -0.39 is 6.43 Å². The SMILES string of the molecule is CC1(C)C[C@H](c2ccccc2)Nc2c(C(=O)N3CC[C@H](CC(F)F)C3)cnn21. The van der Waals surface area contributed by atoms with E-state index in [1.165, 1.54) is 5.56 Å². The van der Waals surface area contributed by atoms with E-state index in [-0.39, 0.29) is 29.8 Å². The number of nitrogens with zero attached hydrogens (tertiary/aromatic N) is 3. The van der Waals surface area contributed by atoms with Crippen molar-refractivity contribution < 1.29 is 13.6 Å². The molecule has 5 nitrogen and oxygen atoms in total. The second-order valence-electron chi connectivity index (χ2n) is 8.48. The highest BCUT2D eigenvalue weighted by Crippen LogP contribution is 2.40. The van der Waals surface area contributed by atoms with Gasteiger partial charge in [0.15, 0.2) is 0 Å². The Morgan fingerprint density at radius 2 is 2.07 bits per heavy atom. The van der Waals surface area contributed by atoms with Gasteiger partial charge in [-0.3, -0.25) is 4.79 Å². The molecule has 2 aliphatic heterocycles. The van der Waals surface area contributed by atoms with Crippen LogP contribution in [0.2, 0.25) is 0 Å². The van der Waals surface area contributed by atoms with Gasteiger partial charge >= 0.3 is 0 Å². The highest BCUT2D eigenvalue weighted by atomic mass is 19.3. The number of hydrogen-bond acceptors (Lipinski definition) is 3. The van der Waals surface area contributed by atoms with E-state index in [0.29, 0.717) is 30.9 Å². The smallest absolute Gasteiger partial charge is 0.259 e. The van der Waals surface area contributed by atoms with E-state index in [9.17, 15) is 13.6 Å². The van der Waals surface area contributed by atoms with Crippen LogP contribution in [0.25, 0.3) is 0 Å². The van der Waals surface area contributed by atoms with Crippen LogP contribution in [0.5, 0.6) is 0 Å². The number of likely N-dealkylation sites (tertiary alicyclic amines) is 1. The fourth-order valence-corrected chi connectivity index (χ4v) is 4.42. The van der Waals surface area contributed by atoms with Crippen molar-refractivity contribution in [2.24, 2.45) is 5.92 Å². The lowest BCUT2D eigenvalue weighted by Gasteiger charge is -2.38. The Morgan fingerprint density at radius 3 is 2.79 bits per heavy atom. The Morgan fingerprint density at radius 1 is 1.32 bits per heavy atom. The molecule has 28 heavy (non-hydrogen) atoms. The molecule has 7 heteroatoms. The van der Waals surface area contributed by atoms with Gasteiger partial charge in [0.2, 0.25) is 6.43 Å². The molecule has 2 aromatic rings. The third-order valence-corrected chi connectivity index (χ3v) is 5.87. The van der Waals surface area contributed by atoms with Crippen LogP contribution in [0, 0.1) is 5.92 Å². The van der Waals surface area contributed by atoms with Crippen molar-refractivity contribution in [2.75, 3.05) is 18.4 Å². The predicted molar refractivity (Wildman–Crippen MR) is 104 cm³/mol. The summed E-state index contributed by atoms with van der Waals surface area (Å²) in [5, 5.41) is 7.98. The number of rotatable bonds is 4. The van der Waals surface area contributed by atoms with E-state index in [1.54, 1.807) is 11.1 Å². The molecule has 0 saturated carbocycles. The van der Waals surface area contributed by atoms with Crippen LogP contribution in [0.1, 0.15) is 55.1 Å². The first kappa shape index (κ1) is 18.9. The quantitative estimate of drug-likeness (QED) is 0.850. The van der Waals surface area contributed by atoms with Crippen LogP contribution in [0.15, 0.2) is 36.5 Å². The van der Waals surface area contributed by atoms with Crippen molar-refractivity contribution in [2.45, 2.75) is 51.1 Å². The van der Waals surface area contributed by atoms with Gasteiger partial charge in [-0.05, 0) is 38.2 Å². The van der Waals surface area contributed by atoms with Crippen molar-refractivity contribution in [3.63, 3.8) is 0 Å². The number of carbonyl (C=O) groups excluding carboxylic acids is 1. The number of amides is 1. The van der Waals surface area contributed by atoms with Crippen LogP contribution < -0.4 is 5.32 Å². The molecule has 3 heterocycles. The number of aromatic nitrogens is 2. The maximum absolute atomic E-state index is 13.1. The van der Waals surface area contributed by atoms with Crippen molar-refractivity contribution in [1.29, 1.82) is 0 Å². The second kappa shape index (κ2) is 7.18. The Hall–Kier alpha value is -2.44. The summed E-state index contributed by atoms with van der Waals surface area (Å²) in [5.41, 5.74) is 1.44. The summed E-state index contributed by atoms with van der Waals surface area (Å²) in [7, 11) is 0. The minimum atomic E-state index is -2.32. The van der Waals surface area contributed by atoms with Gasteiger partial charge in [0.1, 0.15) is 11.4 Å². The Labute approximate surface area is 163 Å². The van der Waals surface area contributed by atoms with Crippen molar-refractivity contribution in [3.05, 3.63) is 47.7 Å². The van der Waals surface area contributed by atoms with Crippen LogP contribution in [-0.2, 0) is 5.54 Å². The standard InChI is InChI=1S/C21H26F2N4O/c1-21(2)11-17(15-6-4-3-5-7-15)25-19-16(12-24-27(19)21)20(28)26-9-8-14(13-26)10-18(22)23/h3-7,12,14,17-18,25H,8-11,13H2,1-2H3/t14-,17-/m1/s1. The maximum Gasteiger partial charge on any atom is 0.259 e. The summed E-state index contributed by atoms with van der Waals surface area (Å²) in [6.07, 6.45) is 0.625. The molecule has 1 aromatic carbocycles. The molecule has 1 saturated heterocycles. The fraction of sp³-hybridized carbons (Fsp3) is 0.524. The van der Waals surface area contributed by atoms with E-state index in [2.05, 4.69) is 36.4 Å². The number of nitrogens with one attached hydrogen (secondary N) is 1. The molecule has 1 aromatic heterocycles. The fourth-order valence-electron chi connectivity index (χ4n) is 4.42. The average Bonchev–Trinajstić information content (AvgIpc) is 3.28. The highest BCUT2D eigenvalue weighted by Gasteiger charge is 2.38. The summed E-state index contributed by atoms with van der Waals surface area (Å²) in [4.78, 5) is 14.8. The molecule has 2 atom stereocenters. The normalized spacial score (nSPS) is 23.5. The number of fused-ring (bicyclic) bond motifs is 1. The molecule has 0 radical (unpaired) electrons. The Bertz CT molecular complexity index is 849. The third-order valence-electron chi connectivity index (χ3n) is 5.87. The summed E-state index contributed by atoms with van der Waals surface area (Å²) in [6.45, 7) is 5.14. The molecule has 4 rings (SSSR count). The molecular formula is C21H26F2N4O. The Kier molecular flexibility index (Phi) is 4.85. The number of halogens is 2. The summed E-state index contributed by atoms with van der Waals surface area (Å²) >= 11 is 0. The monoisotopic (exact) mass is 388 g/mol. The number of carbonyl (C=O) groups is 1. The summed E-state index contributed by atoms with van der Waals surface area (Å²) in [6, 6.07) is 10.2. The zero-order valence-electron chi connectivity index (χ0n) is 16.2. The van der Waals surface area contributed by atoms with Gasteiger partial charge in [0.25, 0.3) is 5.91 Å². The topological polar surface area (TPSA) is 50.2 Å². The second-order valence-corrected chi connectivity index (χ2v) is 8.48. The number of hydrogen-bond donors (Lipinski definition) is 1. The minimum Gasteiger partial charge on any atom is -0.363 e. The molecule has 0 unspecified atom stereocenters. The molecule has 1 N–H and O–H groups in total. The van der Waals surface area contributed by atoms with Gasteiger partial charge < -0.3 is 10.2 Å². The summed E-state index contributed by atoms with van der Waals surface area (Å²) < 4.78 is 27.2. The van der Waals surface area contributed by atoms with Gasteiger partial charge in [-0.25, -0.2) is 13.5 Å². The van der Waals surface area contributed by atoms with Crippen molar-refractivity contribution >= 4 is 11.7 Å². The molecule has 0 bridgehead atoms. The third kappa shape index (κ3) is 3.50. The van der Waals surface area contributed by atoms with E-state index in [4.69, 9.17) is 0 Å². The minimum absolute atomic E-state index is 0.0807. The van der Waals surface area contributed by atoms with Gasteiger partial charge in [0.05, 0.1) is 17.8 Å². The predicted octanol–water partition coefficient (Wildman–Crippen LogP) is 4.29. The number of alkyl halides is 2. The van der Waals surface area contributed by atoms with E-state index in [1.807, 2.05) is 22.9 Å². The number of benzene rings is 1. The Balaban J connectivity index is 1.58. The molecule has 1 fully saturated rings. The maximum atomic E-state index is 13.1. The average molecular weight is 388 g/mol. The van der Waals surface area contributed by atoms with E-state index in [0.717, 1.165) is 6.42 Å². The van der Waals surface area contributed by atoms with Crippen molar-refractivity contribution in [1.82, 2.24) is 14.7 Å². The first-order chi connectivity index (χ1) is 13.3. The molecule has 0 spiro atoms. The van der Waals surface area contributed by atoms with Crippen LogP contribution in [0.4, 0.5) is 14.6 Å². The lowest BCUT2D eigenvalue weighted by Crippen LogP contribution is -2.38. The largest absolute Gasteiger partial charge is 0.363 e. The zero-order chi connectivity index (χ0) is 19.9. The molecular weight excluding hydrogens is 362 g/mol.